The maximum atomic E-state index is 13.0. The normalized spacial score (nSPS) is 34.3. The Labute approximate surface area is 179 Å². The summed E-state index contributed by atoms with van der Waals surface area (Å²) < 4.78 is 82.4. The summed E-state index contributed by atoms with van der Waals surface area (Å²) in [6.07, 6.45) is -9.35. The van der Waals surface area contributed by atoms with Crippen LogP contribution in [0.4, 0.5) is 26.3 Å². The lowest BCUT2D eigenvalue weighted by Crippen LogP contribution is -2.60. The molecule has 0 saturated heterocycles. The quantitative estimate of drug-likeness (QED) is 0.240. The van der Waals surface area contributed by atoms with E-state index in [4.69, 9.17) is 4.89 Å². The summed E-state index contributed by atoms with van der Waals surface area (Å²) in [5, 5.41) is 9.92. The van der Waals surface area contributed by atoms with Gasteiger partial charge in [-0.05, 0) is 68.1 Å². The summed E-state index contributed by atoms with van der Waals surface area (Å²) in [6.45, 7) is 6.27. The first-order valence-electron chi connectivity index (χ1n) is 11.1. The van der Waals surface area contributed by atoms with Gasteiger partial charge in [-0.25, -0.2) is 4.89 Å². The zero-order valence-corrected chi connectivity index (χ0v) is 18.6. The maximum Gasteiger partial charge on any atom is 0.423 e. The highest BCUT2D eigenvalue weighted by atomic mass is 19.4. The fourth-order valence-electron chi connectivity index (χ4n) is 7.32. The van der Waals surface area contributed by atoms with Crippen LogP contribution in [0.3, 0.4) is 0 Å². The number of halogens is 6. The molecule has 2 unspecified atom stereocenters. The third-order valence-electron chi connectivity index (χ3n) is 8.78. The smallest absolute Gasteiger partial charge is 0.360 e. The molecule has 31 heavy (non-hydrogen) atoms. The molecule has 4 aliphatic carbocycles. The Hall–Kier alpha value is -0.540. The Morgan fingerprint density at radius 3 is 1.58 bits per heavy atom. The molecule has 4 aliphatic rings. The maximum absolute atomic E-state index is 13.0. The van der Waals surface area contributed by atoms with Crippen LogP contribution in [0.2, 0.25) is 0 Å². The number of hydrogen-bond acceptors (Lipinski definition) is 3. The van der Waals surface area contributed by atoms with Crippen molar-refractivity contribution in [1.29, 1.82) is 0 Å². The van der Waals surface area contributed by atoms with E-state index in [1.165, 1.54) is 19.3 Å². The molecule has 0 amide bonds. The van der Waals surface area contributed by atoms with Crippen molar-refractivity contribution in [2.75, 3.05) is 6.61 Å². The van der Waals surface area contributed by atoms with Crippen molar-refractivity contribution in [2.45, 2.75) is 97.2 Å². The van der Waals surface area contributed by atoms with Crippen molar-refractivity contribution in [2.24, 2.45) is 34.0 Å². The number of hydrogen-bond donors (Lipinski definition) is 1. The van der Waals surface area contributed by atoms with Gasteiger partial charge >= 0.3 is 12.4 Å². The minimum Gasteiger partial charge on any atom is -0.360 e. The second-order valence-electron chi connectivity index (χ2n) is 11.2. The van der Waals surface area contributed by atoms with Gasteiger partial charge in [0.05, 0.1) is 6.61 Å². The van der Waals surface area contributed by atoms with E-state index in [0.29, 0.717) is 17.8 Å². The van der Waals surface area contributed by atoms with Gasteiger partial charge in [-0.1, -0.05) is 27.7 Å². The molecule has 3 nitrogen and oxygen atoms in total. The largest absolute Gasteiger partial charge is 0.423 e. The summed E-state index contributed by atoms with van der Waals surface area (Å²) >= 11 is 0. The van der Waals surface area contributed by atoms with E-state index in [-0.39, 0.29) is 11.8 Å². The molecule has 0 heterocycles. The van der Waals surface area contributed by atoms with Crippen molar-refractivity contribution < 1.29 is 41.2 Å². The molecule has 2 atom stereocenters. The van der Waals surface area contributed by atoms with Crippen molar-refractivity contribution in [3.05, 3.63) is 0 Å². The van der Waals surface area contributed by atoms with Gasteiger partial charge in [0, 0.05) is 10.8 Å². The molecule has 182 valence electrons. The highest BCUT2D eigenvalue weighted by Gasteiger charge is 2.63. The number of alkyl halides is 6. The number of rotatable bonds is 8. The predicted octanol–water partition coefficient (Wildman–Crippen LogP) is 7.01. The fraction of sp³-hybridized carbons (Fsp3) is 1.00. The molecule has 0 aromatic carbocycles. The van der Waals surface area contributed by atoms with Crippen LogP contribution in [0.15, 0.2) is 0 Å². The van der Waals surface area contributed by atoms with Gasteiger partial charge in [0.2, 0.25) is 6.10 Å². The fourth-order valence-corrected chi connectivity index (χ4v) is 7.32. The van der Waals surface area contributed by atoms with Gasteiger partial charge in [-0.2, -0.15) is 26.3 Å². The van der Waals surface area contributed by atoms with Gasteiger partial charge in [0.15, 0.2) is 0 Å². The van der Waals surface area contributed by atoms with Crippen molar-refractivity contribution >= 4 is 0 Å². The van der Waals surface area contributed by atoms with Gasteiger partial charge in [-0.15, -0.1) is 0 Å². The molecule has 4 rings (SSSR count). The SMILES string of the molecule is CCC(C)(COC(C(F)(F)F)C(F)(F)F)C(OO)C(C)(C)C12CC3CC(CC(C3)C1)C2. The lowest BCUT2D eigenvalue weighted by molar-refractivity contribution is -0.362. The summed E-state index contributed by atoms with van der Waals surface area (Å²) in [5.74, 6) is 1.77. The standard InChI is InChI=1S/C22H34F6O3/c1-5-19(4,12-30-17(21(23,24)25)22(26,27)28)16(31-29)18(2,3)20-9-13-6-14(10-20)8-15(7-13)11-20/h13-17,29H,5-12H2,1-4H3. The lowest BCUT2D eigenvalue weighted by Gasteiger charge is -2.64. The molecule has 0 aliphatic heterocycles. The van der Waals surface area contributed by atoms with Crippen LogP contribution in [0.5, 0.6) is 0 Å². The molecule has 4 bridgehead atoms. The van der Waals surface area contributed by atoms with Gasteiger partial charge in [-0.3, -0.25) is 5.26 Å². The van der Waals surface area contributed by atoms with Gasteiger partial charge in [0.1, 0.15) is 6.10 Å². The molecule has 9 heteroatoms. The van der Waals surface area contributed by atoms with Crippen LogP contribution in [0, 0.1) is 34.0 Å². The first kappa shape index (κ1) is 25.1. The van der Waals surface area contributed by atoms with Crippen molar-refractivity contribution in [3.63, 3.8) is 0 Å². The Bertz CT molecular complexity index is 595. The van der Waals surface area contributed by atoms with Crippen molar-refractivity contribution in [1.82, 2.24) is 0 Å². The Balaban J connectivity index is 1.86. The summed E-state index contributed by atoms with van der Waals surface area (Å²) in [4.78, 5) is 4.92. The summed E-state index contributed by atoms with van der Waals surface area (Å²) in [6, 6.07) is 0. The Kier molecular flexibility index (Phi) is 6.51. The molecule has 4 fully saturated rings. The average molecular weight is 460 g/mol. The van der Waals surface area contributed by atoms with E-state index < -0.39 is 42.0 Å². The van der Waals surface area contributed by atoms with E-state index >= 15 is 0 Å². The van der Waals surface area contributed by atoms with Crippen LogP contribution in [0.25, 0.3) is 0 Å². The van der Waals surface area contributed by atoms with E-state index in [0.717, 1.165) is 19.3 Å². The van der Waals surface area contributed by atoms with E-state index in [9.17, 15) is 31.6 Å². The summed E-state index contributed by atoms with van der Waals surface area (Å²) in [5.41, 5.74) is -2.05. The van der Waals surface area contributed by atoms with E-state index in [2.05, 4.69) is 4.74 Å². The number of ether oxygens (including phenoxy) is 1. The monoisotopic (exact) mass is 460 g/mol. The van der Waals surface area contributed by atoms with Gasteiger partial charge in [0.25, 0.3) is 0 Å². The van der Waals surface area contributed by atoms with E-state index in [1.54, 1.807) is 13.8 Å². The third kappa shape index (κ3) is 4.47. The molecule has 0 aromatic rings. The van der Waals surface area contributed by atoms with Crippen LogP contribution >= 0.6 is 0 Å². The third-order valence-corrected chi connectivity index (χ3v) is 8.78. The zero-order valence-electron chi connectivity index (χ0n) is 18.6. The first-order valence-corrected chi connectivity index (χ1v) is 11.1. The highest BCUT2D eigenvalue weighted by Crippen LogP contribution is 2.68. The molecule has 4 saturated carbocycles. The van der Waals surface area contributed by atoms with Crippen molar-refractivity contribution in [3.8, 4) is 0 Å². The molecular weight excluding hydrogens is 426 g/mol. The van der Waals surface area contributed by atoms with E-state index in [1.807, 2.05) is 13.8 Å². The van der Waals surface area contributed by atoms with Crippen LogP contribution in [-0.4, -0.2) is 36.4 Å². The van der Waals surface area contributed by atoms with Gasteiger partial charge < -0.3 is 4.74 Å². The topological polar surface area (TPSA) is 38.7 Å². The molecular formula is C22H34F6O3. The molecule has 0 radical (unpaired) electrons. The zero-order chi connectivity index (χ0) is 23.5. The summed E-state index contributed by atoms with van der Waals surface area (Å²) in [7, 11) is 0. The first-order chi connectivity index (χ1) is 14.1. The van der Waals surface area contributed by atoms with Crippen LogP contribution in [-0.2, 0) is 9.62 Å². The Morgan fingerprint density at radius 2 is 1.26 bits per heavy atom. The molecule has 1 N–H and O–H groups in total. The lowest BCUT2D eigenvalue weighted by atomic mass is 9.41. The molecule has 0 aromatic heterocycles. The van der Waals surface area contributed by atoms with Crippen LogP contribution < -0.4 is 0 Å². The second kappa shape index (κ2) is 8.05. The Morgan fingerprint density at radius 1 is 0.839 bits per heavy atom. The minimum atomic E-state index is -5.57. The highest BCUT2D eigenvalue weighted by molar-refractivity contribution is 5.10. The van der Waals surface area contributed by atoms with Crippen LogP contribution in [0.1, 0.15) is 72.6 Å². The predicted molar refractivity (Wildman–Crippen MR) is 102 cm³/mol. The molecule has 0 spiro atoms. The minimum absolute atomic E-state index is 0.154. The average Bonchev–Trinajstić information content (AvgIpc) is 2.58. The second-order valence-corrected chi connectivity index (χ2v) is 11.2.